The maximum atomic E-state index is 10.9. The first-order chi connectivity index (χ1) is 7.51. The van der Waals surface area contributed by atoms with E-state index in [0.29, 0.717) is 6.42 Å². The molecule has 0 aromatic rings. The van der Waals surface area contributed by atoms with Gasteiger partial charge in [0.1, 0.15) is 0 Å². The fourth-order valence-corrected chi connectivity index (χ4v) is 1.21. The second-order valence-electron chi connectivity index (χ2n) is 3.46. The van der Waals surface area contributed by atoms with Crippen molar-refractivity contribution in [1.82, 2.24) is 0 Å². The average Bonchev–Trinajstić information content (AvgIpc) is 2.22. The topological polar surface area (TPSA) is 66.8 Å². The Morgan fingerprint density at radius 1 is 1.44 bits per heavy atom. The average molecular weight is 226 g/mol. The summed E-state index contributed by atoms with van der Waals surface area (Å²) in [5.74, 6) is -0.939. The minimum Gasteiger partial charge on any atom is -0.513 e. The molecule has 0 amide bonds. The highest BCUT2D eigenvalue weighted by atomic mass is 16.5. The molecule has 4 heteroatoms. The van der Waals surface area contributed by atoms with Crippen LogP contribution in [0.5, 0.6) is 0 Å². The molecule has 2 unspecified atom stereocenters. The lowest BCUT2D eigenvalue weighted by Gasteiger charge is -2.20. The molecule has 0 aromatic carbocycles. The summed E-state index contributed by atoms with van der Waals surface area (Å²) >= 11 is 0. The van der Waals surface area contributed by atoms with Gasteiger partial charge in [-0.25, -0.2) is 4.79 Å². The third-order valence-electron chi connectivity index (χ3n) is 2.06. The molecule has 0 fully saturated rings. The highest BCUT2D eigenvalue weighted by molar-refractivity contribution is 5.81. The number of aliphatic hydroxyl groups is 2. The van der Waals surface area contributed by atoms with Crippen molar-refractivity contribution >= 4 is 5.97 Å². The van der Waals surface area contributed by atoms with E-state index in [1.54, 1.807) is 6.08 Å². The molecule has 2 N–H and O–H groups in total. The zero-order chi connectivity index (χ0) is 12.6. The molecule has 0 saturated heterocycles. The van der Waals surface area contributed by atoms with E-state index in [2.05, 4.69) is 19.7 Å². The first kappa shape index (κ1) is 14.5. The second-order valence-corrected chi connectivity index (χ2v) is 3.46. The molecule has 2 atom stereocenters. The number of carbonyl (C=O) groups excluding carboxylic acids is 1. The zero-order valence-electron chi connectivity index (χ0n) is 9.26. The van der Waals surface area contributed by atoms with Crippen molar-refractivity contribution in [2.75, 3.05) is 6.61 Å². The maximum absolute atomic E-state index is 10.9. The van der Waals surface area contributed by atoms with Gasteiger partial charge in [-0.05, 0) is 6.42 Å². The molecule has 0 saturated carbocycles. The summed E-state index contributed by atoms with van der Waals surface area (Å²) in [4.78, 5) is 10.9. The van der Waals surface area contributed by atoms with Crippen LogP contribution in [-0.2, 0) is 9.53 Å². The van der Waals surface area contributed by atoms with Crippen molar-refractivity contribution in [2.45, 2.75) is 18.9 Å². The number of hydrogen-bond acceptors (Lipinski definition) is 4. The number of hydrogen-bond donors (Lipinski definition) is 2. The van der Waals surface area contributed by atoms with E-state index in [1.807, 2.05) is 0 Å². The van der Waals surface area contributed by atoms with Gasteiger partial charge in [0.05, 0.1) is 18.5 Å². The van der Waals surface area contributed by atoms with E-state index in [4.69, 9.17) is 9.84 Å². The molecular weight excluding hydrogens is 208 g/mol. The van der Waals surface area contributed by atoms with Gasteiger partial charge in [0.25, 0.3) is 0 Å². The van der Waals surface area contributed by atoms with Gasteiger partial charge in [0.15, 0.2) is 0 Å². The number of carbonyl (C=O) groups is 1. The van der Waals surface area contributed by atoms with Crippen LogP contribution in [0.25, 0.3) is 0 Å². The van der Waals surface area contributed by atoms with Crippen LogP contribution in [0.4, 0.5) is 0 Å². The Hall–Kier alpha value is -1.55. The standard InChI is InChI=1S/C12H18O4/c1-4-6-10(8-16-12(15)5-2)11(14)7-9(3)13/h4-5,10-11,13-14H,1-3,6-8H2. The molecule has 0 aliphatic rings. The van der Waals surface area contributed by atoms with Crippen LogP contribution in [0.15, 0.2) is 37.6 Å². The van der Waals surface area contributed by atoms with Gasteiger partial charge in [-0.2, -0.15) is 0 Å². The summed E-state index contributed by atoms with van der Waals surface area (Å²) in [5.41, 5.74) is 0. The van der Waals surface area contributed by atoms with Crippen molar-refractivity contribution in [3.8, 4) is 0 Å². The quantitative estimate of drug-likeness (QED) is 0.286. The number of rotatable bonds is 8. The summed E-state index contributed by atoms with van der Waals surface area (Å²) in [6.45, 7) is 10.2. The molecule has 0 aromatic heterocycles. The Morgan fingerprint density at radius 3 is 2.50 bits per heavy atom. The van der Waals surface area contributed by atoms with Crippen LogP contribution in [0.1, 0.15) is 12.8 Å². The van der Waals surface area contributed by atoms with Gasteiger partial charge >= 0.3 is 5.97 Å². The summed E-state index contributed by atoms with van der Waals surface area (Å²) in [6.07, 6.45) is 2.41. The number of ether oxygens (including phenoxy) is 1. The molecular formula is C12H18O4. The summed E-state index contributed by atoms with van der Waals surface area (Å²) < 4.78 is 4.83. The van der Waals surface area contributed by atoms with Gasteiger partial charge in [-0.1, -0.05) is 19.2 Å². The minimum atomic E-state index is -0.812. The molecule has 0 rings (SSSR count). The zero-order valence-corrected chi connectivity index (χ0v) is 9.26. The predicted molar refractivity (Wildman–Crippen MR) is 61.9 cm³/mol. The van der Waals surface area contributed by atoms with Crippen molar-refractivity contribution in [3.63, 3.8) is 0 Å². The molecule has 4 nitrogen and oxygen atoms in total. The first-order valence-electron chi connectivity index (χ1n) is 4.96. The number of aliphatic hydroxyl groups excluding tert-OH is 2. The smallest absolute Gasteiger partial charge is 0.330 e. The number of esters is 1. The minimum absolute atomic E-state index is 0.0597. The van der Waals surface area contributed by atoms with E-state index < -0.39 is 12.1 Å². The Kier molecular flexibility index (Phi) is 6.96. The van der Waals surface area contributed by atoms with Crippen LogP contribution in [0, 0.1) is 5.92 Å². The Morgan fingerprint density at radius 2 is 2.06 bits per heavy atom. The molecule has 0 bridgehead atoms. The van der Waals surface area contributed by atoms with Crippen LogP contribution in [0.3, 0.4) is 0 Å². The molecule has 0 aliphatic carbocycles. The van der Waals surface area contributed by atoms with E-state index >= 15 is 0 Å². The highest BCUT2D eigenvalue weighted by Gasteiger charge is 2.20. The molecule has 0 heterocycles. The van der Waals surface area contributed by atoms with Gasteiger partial charge in [0, 0.05) is 18.4 Å². The van der Waals surface area contributed by atoms with Crippen molar-refractivity contribution in [3.05, 3.63) is 37.6 Å². The fraction of sp³-hybridized carbons (Fsp3) is 0.417. The summed E-state index contributed by atoms with van der Waals surface area (Å²) in [7, 11) is 0. The van der Waals surface area contributed by atoms with E-state index in [9.17, 15) is 9.90 Å². The monoisotopic (exact) mass is 226 g/mol. The van der Waals surface area contributed by atoms with Crippen LogP contribution in [-0.4, -0.2) is 28.9 Å². The van der Waals surface area contributed by atoms with E-state index in [-0.39, 0.29) is 24.7 Å². The van der Waals surface area contributed by atoms with Gasteiger partial charge in [0.2, 0.25) is 0 Å². The number of allylic oxidation sites excluding steroid dienone is 1. The first-order valence-corrected chi connectivity index (χ1v) is 4.96. The van der Waals surface area contributed by atoms with Crippen LogP contribution < -0.4 is 0 Å². The molecule has 0 aliphatic heterocycles. The van der Waals surface area contributed by atoms with Gasteiger partial charge in [-0.3, -0.25) is 0 Å². The maximum Gasteiger partial charge on any atom is 0.330 e. The fourth-order valence-electron chi connectivity index (χ4n) is 1.21. The summed E-state index contributed by atoms with van der Waals surface area (Å²) in [5, 5.41) is 18.7. The van der Waals surface area contributed by atoms with Crippen LogP contribution in [0.2, 0.25) is 0 Å². The van der Waals surface area contributed by atoms with Gasteiger partial charge in [-0.15, -0.1) is 6.58 Å². The van der Waals surface area contributed by atoms with Crippen LogP contribution >= 0.6 is 0 Å². The van der Waals surface area contributed by atoms with Crippen molar-refractivity contribution < 1.29 is 19.7 Å². The lowest BCUT2D eigenvalue weighted by Crippen LogP contribution is -2.26. The molecule has 90 valence electrons. The highest BCUT2D eigenvalue weighted by Crippen LogP contribution is 2.16. The largest absolute Gasteiger partial charge is 0.513 e. The Balaban J connectivity index is 4.24. The van der Waals surface area contributed by atoms with Crippen molar-refractivity contribution in [2.24, 2.45) is 5.92 Å². The second kappa shape index (κ2) is 7.70. The van der Waals surface area contributed by atoms with Gasteiger partial charge < -0.3 is 14.9 Å². The third kappa shape index (κ3) is 6.03. The molecule has 16 heavy (non-hydrogen) atoms. The Bertz CT molecular complexity index is 270. The Labute approximate surface area is 95.5 Å². The normalized spacial score (nSPS) is 13.6. The predicted octanol–water partition coefficient (Wildman–Crippen LogP) is 1.73. The molecule has 0 spiro atoms. The van der Waals surface area contributed by atoms with E-state index in [1.165, 1.54) is 0 Å². The third-order valence-corrected chi connectivity index (χ3v) is 2.06. The molecule has 0 radical (unpaired) electrons. The SMILES string of the molecule is C=CCC(COC(=O)C=C)C(O)CC(=C)O. The van der Waals surface area contributed by atoms with Crippen molar-refractivity contribution in [1.29, 1.82) is 0 Å². The lowest BCUT2D eigenvalue weighted by molar-refractivity contribution is -0.140. The lowest BCUT2D eigenvalue weighted by atomic mass is 9.96. The summed E-state index contributed by atoms with van der Waals surface area (Å²) in [6, 6.07) is 0. The van der Waals surface area contributed by atoms with E-state index in [0.717, 1.165) is 6.08 Å².